The van der Waals surface area contributed by atoms with Gasteiger partial charge in [-0.3, -0.25) is 14.5 Å². The van der Waals surface area contributed by atoms with Crippen molar-refractivity contribution in [1.82, 2.24) is 19.6 Å². The highest BCUT2D eigenvalue weighted by Crippen LogP contribution is 2.41. The number of hydrogen-bond acceptors (Lipinski definition) is 10. The first-order chi connectivity index (χ1) is 20.9. The minimum Gasteiger partial charge on any atom is -0.477 e. The van der Waals surface area contributed by atoms with Crippen LogP contribution in [0, 0.1) is 0 Å². The number of benzene rings is 3. The largest absolute Gasteiger partial charge is 0.477 e. The molecule has 0 spiro atoms. The van der Waals surface area contributed by atoms with Gasteiger partial charge in [0.25, 0.3) is 5.91 Å². The number of anilines is 1. The number of fused-ring (bicyclic) bond motifs is 1. The predicted octanol–water partition coefficient (Wildman–Crippen LogP) is 3.55. The summed E-state index contributed by atoms with van der Waals surface area (Å²) in [6.07, 6.45) is 0.242. The Kier molecular flexibility index (Phi) is 7.65. The van der Waals surface area contributed by atoms with Crippen LogP contribution in [-0.2, 0) is 24.8 Å². The monoisotopic (exact) mass is 612 g/mol. The fraction of sp³-hybridized carbons (Fsp3) is 0.133. The second-order valence-corrected chi connectivity index (χ2v) is 11.5. The molecule has 4 aromatic rings. The van der Waals surface area contributed by atoms with E-state index in [1.54, 1.807) is 0 Å². The third-order valence-corrected chi connectivity index (χ3v) is 8.76. The smallest absolute Gasteiger partial charge is 0.354 e. The van der Waals surface area contributed by atoms with E-state index in [0.717, 1.165) is 28.2 Å². The number of carboxylic acid groups (broad SMARTS) is 1. The average molecular weight is 613 g/mol. The van der Waals surface area contributed by atoms with Gasteiger partial charge in [-0.25, -0.2) is 4.79 Å². The molecule has 0 radical (unpaired) electrons. The molecule has 0 aliphatic carbocycles. The van der Waals surface area contributed by atoms with E-state index >= 15 is 0 Å². The zero-order valence-electron chi connectivity index (χ0n) is 22.4. The summed E-state index contributed by atoms with van der Waals surface area (Å²) >= 11 is 2.23. The fourth-order valence-electron chi connectivity index (χ4n) is 5.01. The molecule has 2 aliphatic rings. The molecule has 3 heterocycles. The van der Waals surface area contributed by atoms with Crippen LogP contribution in [0.3, 0.4) is 0 Å². The molecule has 1 aromatic heterocycles. The van der Waals surface area contributed by atoms with E-state index in [0.29, 0.717) is 0 Å². The van der Waals surface area contributed by atoms with Crippen molar-refractivity contribution in [1.29, 1.82) is 0 Å². The number of nitrogens with two attached hydrogens (primary N) is 1. The Labute approximate surface area is 254 Å². The van der Waals surface area contributed by atoms with Crippen molar-refractivity contribution >= 4 is 51.9 Å². The molecule has 3 aromatic carbocycles. The Morgan fingerprint density at radius 1 is 0.977 bits per heavy atom. The Morgan fingerprint density at radius 2 is 1.53 bits per heavy atom. The summed E-state index contributed by atoms with van der Waals surface area (Å²) in [5, 5.41) is 16.7. The maximum atomic E-state index is 13.8. The maximum Gasteiger partial charge on any atom is 0.354 e. The SMILES string of the molecule is Nc1nc(/C(=N/OC(c2ccccc2)(c2ccccc2)c2ccccc2)C(=O)NC2=C(C(=O)O)N3C(=O)CC3SC2)ns1. The molecule has 0 saturated carbocycles. The first-order valence-electron chi connectivity index (χ1n) is 13.1. The third-order valence-electron chi connectivity index (χ3n) is 7.00. The number of β-lactam (4-membered cyclic amide) rings is 1. The topological polar surface area (TPSA) is 160 Å². The molecule has 6 rings (SSSR count). The van der Waals surface area contributed by atoms with E-state index < -0.39 is 17.5 Å². The summed E-state index contributed by atoms with van der Waals surface area (Å²) in [6, 6.07) is 28.3. The van der Waals surface area contributed by atoms with E-state index in [1.807, 2.05) is 91.0 Å². The lowest BCUT2D eigenvalue weighted by molar-refractivity contribution is -0.146. The predicted molar refractivity (Wildman–Crippen MR) is 162 cm³/mol. The van der Waals surface area contributed by atoms with Gasteiger partial charge in [-0.2, -0.15) is 9.36 Å². The van der Waals surface area contributed by atoms with Crippen molar-refractivity contribution in [3.8, 4) is 0 Å². The Bertz CT molecular complexity index is 1650. The molecule has 1 unspecified atom stereocenters. The number of rotatable bonds is 9. The molecule has 4 N–H and O–H groups in total. The standard InChI is InChI=1S/C30H24N6O5S2/c31-29-33-26(35-43-29)24(27(38)32-21-17-42-23-16-22(37)36(23)25(21)28(39)40)34-41-30(18-10-4-1-5-11-18,19-12-6-2-7-13-19)20-14-8-3-9-15-20/h1-15,23H,16-17H2,(H,32,38)(H,39,40)(H2,31,33,35)/b34-24-. The molecule has 43 heavy (non-hydrogen) atoms. The highest BCUT2D eigenvalue weighted by Gasteiger charge is 2.46. The number of nitrogens with one attached hydrogen (secondary N) is 1. The lowest BCUT2D eigenvalue weighted by Crippen LogP contribution is -2.55. The van der Waals surface area contributed by atoms with Gasteiger partial charge in [0.2, 0.25) is 23.0 Å². The summed E-state index contributed by atoms with van der Waals surface area (Å²) in [5.41, 5.74) is 6.24. The molecule has 216 valence electrons. The van der Waals surface area contributed by atoms with Crippen LogP contribution < -0.4 is 11.1 Å². The quantitative estimate of drug-likeness (QED) is 0.111. The van der Waals surface area contributed by atoms with Crippen LogP contribution >= 0.6 is 23.3 Å². The number of carbonyl (C=O) groups is 3. The zero-order chi connectivity index (χ0) is 30.0. The zero-order valence-corrected chi connectivity index (χ0v) is 24.0. The number of oxime groups is 1. The number of thioether (sulfide) groups is 1. The summed E-state index contributed by atoms with van der Waals surface area (Å²) in [7, 11) is 0. The summed E-state index contributed by atoms with van der Waals surface area (Å²) < 4.78 is 4.19. The molecular weight excluding hydrogens is 589 g/mol. The van der Waals surface area contributed by atoms with E-state index in [-0.39, 0.29) is 51.5 Å². The van der Waals surface area contributed by atoms with Crippen molar-refractivity contribution < 1.29 is 24.3 Å². The number of carbonyl (C=O) groups excluding carboxylic acids is 2. The summed E-state index contributed by atoms with van der Waals surface area (Å²) in [5.74, 6) is -2.39. The minimum absolute atomic E-state index is 0.0585. The van der Waals surface area contributed by atoms with Gasteiger partial charge in [0, 0.05) is 34.0 Å². The van der Waals surface area contributed by atoms with Gasteiger partial charge >= 0.3 is 5.97 Å². The van der Waals surface area contributed by atoms with Crippen LogP contribution in [0.5, 0.6) is 0 Å². The molecule has 2 aliphatic heterocycles. The minimum atomic E-state index is -1.32. The van der Waals surface area contributed by atoms with E-state index in [4.69, 9.17) is 10.6 Å². The number of nitrogen functional groups attached to an aromatic ring is 1. The van der Waals surface area contributed by atoms with Crippen LogP contribution in [0.1, 0.15) is 28.9 Å². The van der Waals surface area contributed by atoms with Gasteiger partial charge in [0.15, 0.2) is 10.8 Å². The Balaban J connectivity index is 1.47. The molecule has 0 bridgehead atoms. The Hall–Kier alpha value is -5.01. The van der Waals surface area contributed by atoms with E-state index in [9.17, 15) is 19.5 Å². The van der Waals surface area contributed by atoms with Gasteiger partial charge in [-0.15, -0.1) is 11.8 Å². The number of nitrogens with zero attached hydrogens (tertiary/aromatic N) is 4. The first-order valence-corrected chi connectivity index (χ1v) is 14.9. The third kappa shape index (κ3) is 5.24. The molecule has 11 nitrogen and oxygen atoms in total. The number of carboxylic acids is 1. The van der Waals surface area contributed by atoms with Gasteiger partial charge < -0.3 is 21.0 Å². The average Bonchev–Trinajstić information content (AvgIpc) is 3.46. The van der Waals surface area contributed by atoms with Crippen molar-refractivity contribution in [3.63, 3.8) is 0 Å². The summed E-state index contributed by atoms with van der Waals surface area (Å²) in [6.45, 7) is 0. The van der Waals surface area contributed by atoms with Gasteiger partial charge in [0.05, 0.1) is 17.5 Å². The van der Waals surface area contributed by atoms with Crippen LogP contribution in [-0.4, -0.2) is 54.0 Å². The van der Waals surface area contributed by atoms with Crippen molar-refractivity contribution in [2.75, 3.05) is 11.5 Å². The lowest BCUT2D eigenvalue weighted by atomic mass is 9.80. The molecular formula is C30H24N6O5S2. The van der Waals surface area contributed by atoms with Crippen molar-refractivity contribution in [2.24, 2.45) is 5.16 Å². The van der Waals surface area contributed by atoms with Crippen LogP contribution in [0.25, 0.3) is 0 Å². The van der Waals surface area contributed by atoms with Gasteiger partial charge in [-0.1, -0.05) is 96.2 Å². The summed E-state index contributed by atoms with van der Waals surface area (Å²) in [4.78, 5) is 50.0. The highest BCUT2D eigenvalue weighted by molar-refractivity contribution is 8.00. The number of hydrogen-bond donors (Lipinski definition) is 3. The first kappa shape index (κ1) is 28.1. The Morgan fingerprint density at radius 3 is 2.00 bits per heavy atom. The van der Waals surface area contributed by atoms with E-state index in [2.05, 4.69) is 19.8 Å². The van der Waals surface area contributed by atoms with Crippen LogP contribution in [0.2, 0.25) is 0 Å². The number of aromatic nitrogens is 2. The number of aliphatic carboxylic acids is 1. The highest BCUT2D eigenvalue weighted by atomic mass is 32.2. The molecule has 1 fully saturated rings. The molecule has 1 saturated heterocycles. The van der Waals surface area contributed by atoms with Gasteiger partial charge in [0.1, 0.15) is 0 Å². The number of amides is 2. The van der Waals surface area contributed by atoms with Crippen LogP contribution in [0.4, 0.5) is 5.13 Å². The lowest BCUT2D eigenvalue weighted by Gasteiger charge is -2.43. The van der Waals surface area contributed by atoms with E-state index in [1.165, 1.54) is 16.7 Å². The second-order valence-electron chi connectivity index (χ2n) is 9.59. The fourth-order valence-corrected chi connectivity index (χ4v) is 6.65. The maximum absolute atomic E-state index is 13.8. The molecule has 2 amide bonds. The van der Waals surface area contributed by atoms with Gasteiger partial charge in [-0.05, 0) is 0 Å². The van der Waals surface area contributed by atoms with Crippen molar-refractivity contribution in [2.45, 2.75) is 17.4 Å². The van der Waals surface area contributed by atoms with Crippen LogP contribution in [0.15, 0.2) is 108 Å². The second kappa shape index (κ2) is 11.7. The van der Waals surface area contributed by atoms with Crippen molar-refractivity contribution in [3.05, 3.63) is 125 Å². The molecule has 1 atom stereocenters. The molecule has 13 heteroatoms. The normalized spacial score (nSPS) is 16.7.